The third-order valence-electron chi connectivity index (χ3n) is 3.86. The number of halogens is 2. The van der Waals surface area contributed by atoms with Crippen molar-refractivity contribution < 1.29 is 14.4 Å². The number of aryl methyl sites for hydroxylation is 1. The van der Waals surface area contributed by atoms with Gasteiger partial charge in [-0.15, -0.1) is 5.10 Å². The summed E-state index contributed by atoms with van der Waals surface area (Å²) in [5.41, 5.74) is 1.50. The Kier molecular flexibility index (Phi) is 7.03. The predicted octanol–water partition coefficient (Wildman–Crippen LogP) is 2.44. The first-order chi connectivity index (χ1) is 13.1. The minimum atomic E-state index is -0.269. The summed E-state index contributed by atoms with van der Waals surface area (Å²) < 4.78 is 21.3. The first-order valence-corrected chi connectivity index (χ1v) is 9.81. The van der Waals surface area contributed by atoms with E-state index in [1.807, 2.05) is 19.2 Å². The van der Waals surface area contributed by atoms with Crippen LogP contribution >= 0.6 is 23.4 Å². The third-order valence-corrected chi connectivity index (χ3v) is 5.14. The summed E-state index contributed by atoms with van der Waals surface area (Å²) in [7, 11) is 1.82. The van der Waals surface area contributed by atoms with Gasteiger partial charge in [-0.3, -0.25) is 0 Å². The maximum Gasteiger partial charge on any atom is 0.209 e. The number of nitrogens with zero attached hydrogens (tertiary/aromatic N) is 4. The molecular formula is C18H20ClFN5OS+. The van der Waals surface area contributed by atoms with Crippen LogP contribution in [0.2, 0.25) is 5.02 Å². The largest absolute Gasteiger partial charge is 0.488 e. The monoisotopic (exact) mass is 408 g/mol. The summed E-state index contributed by atoms with van der Waals surface area (Å²) in [6, 6.07) is 12.1. The van der Waals surface area contributed by atoms with E-state index < -0.39 is 0 Å². The average molecular weight is 409 g/mol. The molecule has 1 heterocycles. The van der Waals surface area contributed by atoms with Crippen molar-refractivity contribution in [1.29, 1.82) is 0 Å². The zero-order chi connectivity index (χ0) is 19.1. The smallest absolute Gasteiger partial charge is 0.209 e. The number of rotatable bonds is 9. The molecule has 2 aromatic carbocycles. The first-order valence-electron chi connectivity index (χ1n) is 8.45. The maximum absolute atomic E-state index is 13.8. The molecule has 0 saturated heterocycles. The summed E-state index contributed by atoms with van der Waals surface area (Å²) in [5, 5.41) is 15.0. The Morgan fingerprint density at radius 1 is 1.22 bits per heavy atom. The van der Waals surface area contributed by atoms with Crippen molar-refractivity contribution in [3.8, 4) is 5.75 Å². The highest BCUT2D eigenvalue weighted by Gasteiger charge is 2.09. The van der Waals surface area contributed by atoms with Crippen molar-refractivity contribution >= 4 is 23.4 Å². The molecule has 9 heteroatoms. The molecule has 27 heavy (non-hydrogen) atoms. The first kappa shape index (κ1) is 19.6. The second-order valence-corrected chi connectivity index (χ2v) is 7.35. The topological polar surface area (TPSA) is 69.4 Å². The molecular weight excluding hydrogens is 389 g/mol. The Labute approximate surface area is 166 Å². The highest BCUT2D eigenvalue weighted by Crippen LogP contribution is 2.23. The molecule has 0 fully saturated rings. The van der Waals surface area contributed by atoms with Gasteiger partial charge in [0.05, 0.1) is 12.3 Å². The summed E-state index contributed by atoms with van der Waals surface area (Å²) in [6.07, 6.45) is 0. The van der Waals surface area contributed by atoms with Crippen molar-refractivity contribution in [3.63, 3.8) is 0 Å². The number of hydrogen-bond acceptors (Lipinski definition) is 5. The molecule has 0 bridgehead atoms. The van der Waals surface area contributed by atoms with Crippen molar-refractivity contribution in [1.82, 2.24) is 20.2 Å². The molecule has 142 valence electrons. The lowest BCUT2D eigenvalue weighted by atomic mass is 10.2. The van der Waals surface area contributed by atoms with E-state index in [-0.39, 0.29) is 12.4 Å². The highest BCUT2D eigenvalue weighted by molar-refractivity contribution is 7.99. The van der Waals surface area contributed by atoms with Crippen LogP contribution in [0.15, 0.2) is 47.6 Å². The molecule has 0 atom stereocenters. The lowest BCUT2D eigenvalue weighted by molar-refractivity contribution is -0.666. The van der Waals surface area contributed by atoms with E-state index >= 15 is 0 Å². The van der Waals surface area contributed by atoms with Gasteiger partial charge in [0.15, 0.2) is 0 Å². The third kappa shape index (κ3) is 5.66. The number of benzene rings is 2. The summed E-state index contributed by atoms with van der Waals surface area (Å²) >= 11 is 7.73. The van der Waals surface area contributed by atoms with E-state index in [9.17, 15) is 4.39 Å². The van der Waals surface area contributed by atoms with Gasteiger partial charge in [-0.1, -0.05) is 41.6 Å². The number of ether oxygens (including phenoxy) is 1. The number of tetrazole rings is 1. The molecule has 0 saturated carbocycles. The predicted molar refractivity (Wildman–Crippen MR) is 102 cm³/mol. The van der Waals surface area contributed by atoms with Gasteiger partial charge in [-0.05, 0) is 34.7 Å². The molecule has 0 amide bonds. The SMILES string of the molecule is Cn1nnnc1SCC[NH2+]Cc1cc(Cl)ccc1OCc1ccccc1F. The highest BCUT2D eigenvalue weighted by atomic mass is 35.5. The van der Waals surface area contributed by atoms with Crippen molar-refractivity contribution in [2.24, 2.45) is 7.05 Å². The van der Waals surface area contributed by atoms with E-state index in [4.69, 9.17) is 16.3 Å². The minimum absolute atomic E-state index is 0.177. The molecule has 0 aliphatic carbocycles. The Balaban J connectivity index is 1.52. The number of hydrogen-bond donors (Lipinski definition) is 1. The van der Waals surface area contributed by atoms with Crippen molar-refractivity contribution in [2.75, 3.05) is 12.3 Å². The molecule has 0 aliphatic rings. The molecule has 6 nitrogen and oxygen atoms in total. The number of aromatic nitrogens is 4. The van der Waals surface area contributed by atoms with Crippen LogP contribution in [0.4, 0.5) is 4.39 Å². The minimum Gasteiger partial charge on any atom is -0.488 e. The molecule has 0 unspecified atom stereocenters. The fraction of sp³-hybridized carbons (Fsp3) is 0.278. The molecule has 1 aromatic heterocycles. The second kappa shape index (κ2) is 9.68. The summed E-state index contributed by atoms with van der Waals surface area (Å²) in [4.78, 5) is 0. The van der Waals surface area contributed by atoms with Crippen molar-refractivity contribution in [2.45, 2.75) is 18.3 Å². The standard InChI is InChI=1S/C18H19ClFN5OS/c1-25-18(22-23-24-25)27-9-8-21-11-14-10-15(19)6-7-17(14)26-12-13-4-2-3-5-16(13)20/h2-7,10,21H,8-9,11-12H2,1H3/p+1. The molecule has 0 spiro atoms. The lowest BCUT2D eigenvalue weighted by Crippen LogP contribution is -2.83. The molecule has 3 rings (SSSR count). The van der Waals surface area contributed by atoms with Gasteiger partial charge in [0.2, 0.25) is 5.16 Å². The Morgan fingerprint density at radius 3 is 2.85 bits per heavy atom. The Morgan fingerprint density at radius 2 is 2.07 bits per heavy atom. The number of thioether (sulfide) groups is 1. The van der Waals surface area contributed by atoms with Crippen LogP contribution in [0.25, 0.3) is 0 Å². The van der Waals surface area contributed by atoms with Gasteiger partial charge in [0.1, 0.15) is 24.7 Å². The van der Waals surface area contributed by atoms with E-state index in [0.29, 0.717) is 22.9 Å². The quantitative estimate of drug-likeness (QED) is 0.435. The number of nitrogens with two attached hydrogens (primary N) is 1. The zero-order valence-corrected chi connectivity index (χ0v) is 16.4. The van der Waals surface area contributed by atoms with E-state index in [1.165, 1.54) is 6.07 Å². The fourth-order valence-electron chi connectivity index (χ4n) is 2.45. The normalized spacial score (nSPS) is 10.9. The van der Waals surface area contributed by atoms with Gasteiger partial charge in [-0.2, -0.15) is 0 Å². The lowest BCUT2D eigenvalue weighted by Gasteiger charge is -2.12. The van der Waals surface area contributed by atoms with Gasteiger partial charge in [0, 0.05) is 23.2 Å². The summed E-state index contributed by atoms with van der Waals surface area (Å²) in [6.45, 7) is 1.78. The van der Waals surface area contributed by atoms with E-state index in [1.54, 1.807) is 40.7 Å². The van der Waals surface area contributed by atoms with Crippen LogP contribution in [0.3, 0.4) is 0 Å². The van der Waals surface area contributed by atoms with Gasteiger partial charge < -0.3 is 10.1 Å². The van der Waals surface area contributed by atoms with Crippen LogP contribution in [0, 0.1) is 5.82 Å². The van der Waals surface area contributed by atoms with Crippen LogP contribution < -0.4 is 10.1 Å². The molecule has 3 aromatic rings. The van der Waals surface area contributed by atoms with Crippen LogP contribution in [-0.4, -0.2) is 32.5 Å². The molecule has 2 N–H and O–H groups in total. The van der Waals surface area contributed by atoms with E-state index in [0.717, 1.165) is 23.0 Å². The summed E-state index contributed by atoms with van der Waals surface area (Å²) in [5.74, 6) is 1.32. The fourth-order valence-corrected chi connectivity index (χ4v) is 3.43. The molecule has 0 radical (unpaired) electrons. The Hall–Kier alpha value is -2.16. The van der Waals surface area contributed by atoms with E-state index in [2.05, 4.69) is 20.8 Å². The molecule has 0 aliphatic heterocycles. The number of quaternary nitrogens is 1. The zero-order valence-electron chi connectivity index (χ0n) is 14.8. The second-order valence-electron chi connectivity index (χ2n) is 5.85. The van der Waals surface area contributed by atoms with Crippen LogP contribution in [0.1, 0.15) is 11.1 Å². The van der Waals surface area contributed by atoms with Gasteiger partial charge >= 0.3 is 0 Å². The average Bonchev–Trinajstić information content (AvgIpc) is 3.07. The van der Waals surface area contributed by atoms with Crippen molar-refractivity contribution in [3.05, 3.63) is 64.4 Å². The van der Waals surface area contributed by atoms with Crippen LogP contribution in [-0.2, 0) is 20.2 Å². The van der Waals surface area contributed by atoms with Gasteiger partial charge in [-0.25, -0.2) is 9.07 Å². The van der Waals surface area contributed by atoms with Gasteiger partial charge in [0.25, 0.3) is 0 Å². The maximum atomic E-state index is 13.8. The van der Waals surface area contributed by atoms with Crippen LogP contribution in [0.5, 0.6) is 5.75 Å². The Bertz CT molecular complexity index is 892.